The van der Waals surface area contributed by atoms with Gasteiger partial charge in [-0.3, -0.25) is 0 Å². The second-order valence-corrected chi connectivity index (χ2v) is 4.83. The molecule has 3 atom stereocenters. The fourth-order valence-electron chi connectivity index (χ4n) is 1.02. The fraction of sp³-hybridized carbons (Fsp3) is 0.857. The van der Waals surface area contributed by atoms with E-state index in [1.807, 2.05) is 32.9 Å². The van der Waals surface area contributed by atoms with Crippen molar-refractivity contribution in [3.05, 3.63) is 12.2 Å². The molecule has 3 N–H and O–H groups in total. The highest BCUT2D eigenvalue weighted by Crippen LogP contribution is 2.04. The summed E-state index contributed by atoms with van der Waals surface area (Å²) in [5.74, 6) is 0.652. The van der Waals surface area contributed by atoms with Gasteiger partial charge >= 0.3 is 0 Å². The van der Waals surface area contributed by atoms with Crippen LogP contribution in [0.4, 0.5) is 0 Å². The van der Waals surface area contributed by atoms with Gasteiger partial charge in [0, 0.05) is 12.6 Å². The zero-order chi connectivity index (χ0) is 13.8. The molecule has 0 rings (SSSR count). The predicted molar refractivity (Wildman–Crippen MR) is 75.0 cm³/mol. The highest BCUT2D eigenvalue weighted by Gasteiger charge is 2.14. The molecule has 3 nitrogen and oxygen atoms in total. The average molecular weight is 245 g/mol. The van der Waals surface area contributed by atoms with Crippen LogP contribution in [0, 0.1) is 11.8 Å². The van der Waals surface area contributed by atoms with Crippen molar-refractivity contribution in [1.29, 1.82) is 0 Å². The zero-order valence-electron chi connectivity index (χ0n) is 12.3. The maximum atomic E-state index is 9.24. The summed E-state index contributed by atoms with van der Waals surface area (Å²) in [6, 6.07) is 0.140. The van der Waals surface area contributed by atoms with E-state index in [0.29, 0.717) is 5.92 Å². The number of hydrogen-bond donors (Lipinski definition) is 3. The Bertz CT molecular complexity index is 175. The van der Waals surface area contributed by atoms with Crippen molar-refractivity contribution in [3.63, 3.8) is 0 Å². The molecule has 0 bridgehead atoms. The van der Waals surface area contributed by atoms with E-state index >= 15 is 0 Å². The van der Waals surface area contributed by atoms with Gasteiger partial charge in [0.25, 0.3) is 0 Å². The van der Waals surface area contributed by atoms with Gasteiger partial charge in [0.2, 0.25) is 0 Å². The number of aliphatic hydroxyl groups is 2. The van der Waals surface area contributed by atoms with Crippen molar-refractivity contribution in [1.82, 2.24) is 5.32 Å². The number of allylic oxidation sites excluding steroid dienone is 2. The Morgan fingerprint density at radius 3 is 1.76 bits per heavy atom. The van der Waals surface area contributed by atoms with Crippen LogP contribution in [0.2, 0.25) is 0 Å². The van der Waals surface area contributed by atoms with E-state index < -0.39 is 0 Å². The highest BCUT2D eigenvalue weighted by atomic mass is 16.3. The van der Waals surface area contributed by atoms with E-state index in [0.717, 1.165) is 6.54 Å². The van der Waals surface area contributed by atoms with Crippen LogP contribution in [0.15, 0.2) is 12.2 Å². The molecule has 0 aliphatic carbocycles. The van der Waals surface area contributed by atoms with Crippen LogP contribution in [-0.4, -0.2) is 35.5 Å². The Labute approximate surface area is 107 Å². The minimum absolute atomic E-state index is 0.140. The molecule has 0 amide bonds. The average Bonchev–Trinajstić information content (AvgIpc) is 2.29. The minimum Gasteiger partial charge on any atom is -0.395 e. The van der Waals surface area contributed by atoms with Crippen LogP contribution < -0.4 is 5.32 Å². The predicted octanol–water partition coefficient (Wildman–Crippen LogP) is 2.19. The lowest BCUT2D eigenvalue weighted by Crippen LogP contribution is -2.41. The van der Waals surface area contributed by atoms with Gasteiger partial charge in [-0.1, -0.05) is 32.9 Å². The summed E-state index contributed by atoms with van der Waals surface area (Å²) in [5.41, 5.74) is 0. The fourth-order valence-corrected chi connectivity index (χ4v) is 1.02. The number of nitrogens with one attached hydrogen (secondary N) is 1. The van der Waals surface area contributed by atoms with Crippen molar-refractivity contribution in [2.75, 3.05) is 13.2 Å². The van der Waals surface area contributed by atoms with Crippen LogP contribution in [0.5, 0.6) is 0 Å². The van der Waals surface area contributed by atoms with Crippen molar-refractivity contribution in [2.24, 2.45) is 11.8 Å². The van der Waals surface area contributed by atoms with E-state index in [4.69, 9.17) is 5.11 Å². The van der Waals surface area contributed by atoms with E-state index in [2.05, 4.69) is 19.2 Å². The minimum atomic E-state index is -0.293. The van der Waals surface area contributed by atoms with Gasteiger partial charge in [-0.2, -0.15) is 0 Å². The van der Waals surface area contributed by atoms with Gasteiger partial charge in [0.1, 0.15) is 0 Å². The first kappa shape index (κ1) is 19.0. The smallest absolute Gasteiger partial charge is 0.0587 e. The molecule has 0 saturated heterocycles. The van der Waals surface area contributed by atoms with Gasteiger partial charge in [-0.25, -0.2) is 0 Å². The monoisotopic (exact) mass is 245 g/mol. The largest absolute Gasteiger partial charge is 0.395 e. The Morgan fingerprint density at radius 1 is 1.06 bits per heavy atom. The standard InChI is InChI=1S/C10H23NO2.C4H8/c1-7(2)10(6-12)11-5-8(3)9(4)13;1-3-4-2/h7-13H,5-6H2,1-4H3;3-4H,1-2H3/b;4-3-/t8?,9-,10?;/m0./s1. The summed E-state index contributed by atoms with van der Waals surface area (Å²) in [6.07, 6.45) is 3.71. The Morgan fingerprint density at radius 2 is 1.53 bits per heavy atom. The number of hydrogen-bond acceptors (Lipinski definition) is 3. The molecule has 0 aliphatic heterocycles. The SMILES string of the molecule is C/C=C\C.CC(C)C(CO)NCC(C)[C@H](C)O. The quantitative estimate of drug-likeness (QED) is 0.629. The maximum absolute atomic E-state index is 9.24. The number of rotatable bonds is 6. The third-order valence-corrected chi connectivity index (χ3v) is 2.86. The third kappa shape index (κ3) is 11.9. The number of aliphatic hydroxyl groups excluding tert-OH is 2. The molecular formula is C14H31NO2. The summed E-state index contributed by atoms with van der Waals surface area (Å²) in [7, 11) is 0. The van der Waals surface area contributed by atoms with Gasteiger partial charge in [0.05, 0.1) is 12.7 Å². The van der Waals surface area contributed by atoms with Crippen molar-refractivity contribution < 1.29 is 10.2 Å². The summed E-state index contributed by atoms with van der Waals surface area (Å²) in [5, 5.41) is 21.5. The second-order valence-electron chi connectivity index (χ2n) is 4.83. The Balaban J connectivity index is 0. The molecule has 3 heteroatoms. The Hall–Kier alpha value is -0.380. The molecule has 0 aromatic rings. The molecule has 0 spiro atoms. The lowest BCUT2D eigenvalue weighted by Gasteiger charge is -2.23. The van der Waals surface area contributed by atoms with Crippen molar-refractivity contribution in [3.8, 4) is 0 Å². The summed E-state index contributed by atoms with van der Waals surface area (Å²) < 4.78 is 0. The second kappa shape index (κ2) is 12.1. The molecule has 0 fully saturated rings. The van der Waals surface area contributed by atoms with Gasteiger partial charge in [-0.15, -0.1) is 0 Å². The van der Waals surface area contributed by atoms with Gasteiger partial charge < -0.3 is 15.5 Å². The van der Waals surface area contributed by atoms with E-state index in [-0.39, 0.29) is 24.7 Å². The molecule has 0 aromatic carbocycles. The van der Waals surface area contributed by atoms with Gasteiger partial charge in [-0.05, 0) is 32.6 Å². The Kier molecular flexibility index (Phi) is 13.5. The van der Waals surface area contributed by atoms with Crippen LogP contribution in [0.25, 0.3) is 0 Å². The topological polar surface area (TPSA) is 52.5 Å². The molecule has 0 aromatic heterocycles. The first-order valence-corrected chi connectivity index (χ1v) is 6.50. The van der Waals surface area contributed by atoms with Crippen molar-refractivity contribution >= 4 is 0 Å². The van der Waals surface area contributed by atoms with E-state index in [1.165, 1.54) is 0 Å². The van der Waals surface area contributed by atoms with Crippen LogP contribution >= 0.6 is 0 Å². The van der Waals surface area contributed by atoms with E-state index in [9.17, 15) is 5.11 Å². The molecule has 2 unspecified atom stereocenters. The molecule has 17 heavy (non-hydrogen) atoms. The lowest BCUT2D eigenvalue weighted by molar-refractivity contribution is 0.124. The molecule has 104 valence electrons. The van der Waals surface area contributed by atoms with E-state index in [1.54, 1.807) is 6.92 Å². The lowest BCUT2D eigenvalue weighted by atomic mass is 10.0. The first-order chi connectivity index (χ1) is 7.90. The van der Waals surface area contributed by atoms with Crippen LogP contribution in [0.1, 0.15) is 41.5 Å². The highest BCUT2D eigenvalue weighted by molar-refractivity contribution is 4.72. The summed E-state index contributed by atoms with van der Waals surface area (Å²) in [4.78, 5) is 0. The third-order valence-electron chi connectivity index (χ3n) is 2.86. The molecule has 0 saturated carbocycles. The van der Waals surface area contributed by atoms with Crippen molar-refractivity contribution in [2.45, 2.75) is 53.7 Å². The summed E-state index contributed by atoms with van der Waals surface area (Å²) >= 11 is 0. The molecule has 0 radical (unpaired) electrons. The molecule has 0 heterocycles. The van der Waals surface area contributed by atoms with Crippen LogP contribution in [0.3, 0.4) is 0 Å². The zero-order valence-corrected chi connectivity index (χ0v) is 12.3. The van der Waals surface area contributed by atoms with Gasteiger partial charge in [0.15, 0.2) is 0 Å². The molecule has 0 aliphatic rings. The first-order valence-electron chi connectivity index (χ1n) is 6.50. The summed E-state index contributed by atoms with van der Waals surface area (Å²) in [6.45, 7) is 12.8. The maximum Gasteiger partial charge on any atom is 0.0587 e. The molecular weight excluding hydrogens is 214 g/mol. The van der Waals surface area contributed by atoms with Crippen LogP contribution in [-0.2, 0) is 0 Å². The normalized spacial score (nSPS) is 16.5.